The number of carbonyl (C=O) groups is 1. The Morgan fingerprint density at radius 2 is 1.57 bits per heavy atom. The van der Waals surface area contributed by atoms with Crippen molar-refractivity contribution >= 4 is 22.6 Å². The first kappa shape index (κ1) is 23.5. The number of nitrogens with two attached hydrogens (primary N) is 1. The van der Waals surface area contributed by atoms with Crippen LogP contribution in [0.4, 0.5) is 5.69 Å². The van der Waals surface area contributed by atoms with Gasteiger partial charge in [-0.25, -0.2) is 0 Å². The molecule has 3 aromatic rings. The Morgan fingerprint density at radius 3 is 2.17 bits per heavy atom. The molecule has 1 saturated heterocycles. The van der Waals surface area contributed by atoms with Gasteiger partial charge in [-0.05, 0) is 18.7 Å². The molecule has 30 heavy (non-hydrogen) atoms. The number of piperazine rings is 1. The zero-order valence-electron chi connectivity index (χ0n) is 18.9. The maximum absolute atomic E-state index is 12.0. The second-order valence-electron chi connectivity index (χ2n) is 6.88. The Kier molecular flexibility index (Phi) is 8.93. The van der Waals surface area contributed by atoms with Crippen molar-refractivity contribution < 1.29 is 9.21 Å². The fraction of sp³-hybridized carbons (Fsp3) is 0.400. The lowest BCUT2D eigenvalue weighted by Crippen LogP contribution is -2.44. The van der Waals surface area contributed by atoms with Gasteiger partial charge in [-0.15, -0.1) is 0 Å². The molecule has 0 aliphatic carbocycles. The highest BCUT2D eigenvalue weighted by Crippen LogP contribution is 2.35. The van der Waals surface area contributed by atoms with E-state index >= 15 is 0 Å². The number of anilines is 1. The smallest absolute Gasteiger partial charge is 0.284 e. The Morgan fingerprint density at radius 1 is 0.933 bits per heavy atom. The van der Waals surface area contributed by atoms with Gasteiger partial charge in [0.2, 0.25) is 0 Å². The van der Waals surface area contributed by atoms with E-state index in [1.165, 1.54) is 0 Å². The normalized spacial score (nSPS) is 13.8. The third-order valence-corrected chi connectivity index (χ3v) is 5.09. The number of primary amides is 1. The van der Waals surface area contributed by atoms with Crippen LogP contribution in [0.15, 0.2) is 52.9 Å². The van der Waals surface area contributed by atoms with Crippen molar-refractivity contribution in [2.45, 2.75) is 34.1 Å². The van der Waals surface area contributed by atoms with Crippen molar-refractivity contribution in [3.63, 3.8) is 0 Å². The van der Waals surface area contributed by atoms with Crippen LogP contribution < -0.4 is 10.6 Å². The third kappa shape index (κ3) is 5.22. The molecule has 1 aliphatic rings. The predicted octanol–water partition coefficient (Wildman–Crippen LogP) is 4.93. The van der Waals surface area contributed by atoms with Crippen molar-refractivity contribution in [1.82, 2.24) is 4.90 Å². The van der Waals surface area contributed by atoms with E-state index < -0.39 is 5.91 Å². The zero-order chi connectivity index (χ0) is 22.1. The van der Waals surface area contributed by atoms with E-state index in [1.807, 2.05) is 70.2 Å². The number of furan rings is 1. The molecule has 5 nitrogen and oxygen atoms in total. The summed E-state index contributed by atoms with van der Waals surface area (Å²) in [6.45, 7) is 11.9. The summed E-state index contributed by atoms with van der Waals surface area (Å²) in [5, 5.41) is 0.971. The average Bonchev–Trinajstić information content (AvgIpc) is 3.17. The summed E-state index contributed by atoms with van der Waals surface area (Å²) in [5.41, 5.74) is 9.42. The Labute approximate surface area is 180 Å². The molecule has 1 fully saturated rings. The molecule has 5 heteroatoms. The average molecular weight is 410 g/mol. The number of para-hydroxylation sites is 1. The number of fused-ring (bicyclic) bond motifs is 1. The summed E-state index contributed by atoms with van der Waals surface area (Å²) >= 11 is 0. The highest BCUT2D eigenvalue weighted by molar-refractivity contribution is 6.01. The van der Waals surface area contributed by atoms with E-state index in [2.05, 4.69) is 22.9 Å². The summed E-state index contributed by atoms with van der Waals surface area (Å²) in [5.74, 6) is -0.248. The van der Waals surface area contributed by atoms with Gasteiger partial charge in [0.05, 0.1) is 5.69 Å². The Balaban J connectivity index is 0.000000757. The summed E-state index contributed by atoms with van der Waals surface area (Å²) in [4.78, 5) is 16.7. The van der Waals surface area contributed by atoms with Gasteiger partial charge in [0.1, 0.15) is 0 Å². The number of carbonyl (C=O) groups excluding carboxylic acids is 1. The van der Waals surface area contributed by atoms with Crippen LogP contribution in [0, 0.1) is 0 Å². The molecule has 2 N–H and O–H groups in total. The van der Waals surface area contributed by atoms with E-state index in [0.717, 1.165) is 54.0 Å². The fourth-order valence-corrected chi connectivity index (χ4v) is 3.63. The maximum atomic E-state index is 12.0. The fourth-order valence-electron chi connectivity index (χ4n) is 3.63. The second-order valence-corrected chi connectivity index (χ2v) is 6.88. The first-order valence-electron chi connectivity index (χ1n) is 10.9. The molecule has 1 aromatic heterocycles. The quantitative estimate of drug-likeness (QED) is 0.664. The van der Waals surface area contributed by atoms with Crippen LogP contribution in [0.3, 0.4) is 0 Å². The van der Waals surface area contributed by atoms with Crippen LogP contribution in [0.1, 0.15) is 49.4 Å². The topological polar surface area (TPSA) is 62.7 Å². The Hall–Kier alpha value is -2.79. The van der Waals surface area contributed by atoms with Gasteiger partial charge in [-0.2, -0.15) is 0 Å². The minimum atomic E-state index is -0.517. The molecule has 4 rings (SSSR count). The molecule has 0 atom stereocenters. The lowest BCUT2D eigenvalue weighted by molar-refractivity contribution is 0.0975. The predicted molar refractivity (Wildman–Crippen MR) is 126 cm³/mol. The van der Waals surface area contributed by atoms with Crippen LogP contribution in [0.5, 0.6) is 0 Å². The van der Waals surface area contributed by atoms with Gasteiger partial charge in [-0.1, -0.05) is 70.2 Å². The lowest BCUT2D eigenvalue weighted by atomic mass is 10.0. The van der Waals surface area contributed by atoms with Crippen molar-refractivity contribution in [2.75, 3.05) is 38.1 Å². The largest absolute Gasteiger partial charge is 0.448 e. The van der Waals surface area contributed by atoms with Gasteiger partial charge in [0.25, 0.3) is 5.91 Å². The molecule has 1 aliphatic heterocycles. The molecule has 0 radical (unpaired) electrons. The van der Waals surface area contributed by atoms with Crippen LogP contribution in [-0.4, -0.2) is 44.0 Å². The monoisotopic (exact) mass is 409 g/mol. The number of hydrogen-bond donors (Lipinski definition) is 1. The number of hydrogen-bond acceptors (Lipinski definition) is 4. The van der Waals surface area contributed by atoms with Crippen LogP contribution in [0.25, 0.3) is 11.0 Å². The van der Waals surface area contributed by atoms with Gasteiger partial charge in [0, 0.05) is 43.5 Å². The van der Waals surface area contributed by atoms with E-state index in [1.54, 1.807) is 0 Å². The van der Waals surface area contributed by atoms with Crippen molar-refractivity contribution in [2.24, 2.45) is 5.73 Å². The number of nitrogens with zero attached hydrogens (tertiary/aromatic N) is 2. The Bertz CT molecular complexity index is 926. The van der Waals surface area contributed by atoms with Crippen molar-refractivity contribution in [3.05, 3.63) is 65.4 Å². The van der Waals surface area contributed by atoms with Gasteiger partial charge in [0.15, 0.2) is 11.3 Å². The van der Waals surface area contributed by atoms with Gasteiger partial charge < -0.3 is 20.0 Å². The maximum Gasteiger partial charge on any atom is 0.284 e. The summed E-state index contributed by atoms with van der Waals surface area (Å²) in [7, 11) is 2.13. The molecule has 162 valence electrons. The third-order valence-electron chi connectivity index (χ3n) is 5.09. The van der Waals surface area contributed by atoms with Crippen molar-refractivity contribution in [1.29, 1.82) is 0 Å². The molecule has 2 heterocycles. The number of rotatable bonds is 4. The van der Waals surface area contributed by atoms with Crippen molar-refractivity contribution in [3.8, 4) is 0 Å². The molecule has 0 bridgehead atoms. The van der Waals surface area contributed by atoms with E-state index in [9.17, 15) is 4.79 Å². The van der Waals surface area contributed by atoms with Crippen LogP contribution in [-0.2, 0) is 6.42 Å². The summed E-state index contributed by atoms with van der Waals surface area (Å²) in [6.07, 6.45) is 0.623. The van der Waals surface area contributed by atoms with E-state index in [0.29, 0.717) is 6.42 Å². The van der Waals surface area contributed by atoms with Gasteiger partial charge >= 0.3 is 0 Å². The van der Waals surface area contributed by atoms with Crippen LogP contribution in [0.2, 0.25) is 0 Å². The number of likely N-dealkylation sites (N-methyl/N-ethyl adjacent to an activating group) is 1. The SMILES string of the molecule is CC.CC.CN1CCN(c2cccc3c(Cc4ccccc4)c(C(N)=O)oc23)CC1. The molecule has 2 aromatic carbocycles. The minimum Gasteiger partial charge on any atom is -0.448 e. The minimum absolute atomic E-state index is 0.269. The molecule has 0 spiro atoms. The van der Waals surface area contributed by atoms with Crippen LogP contribution >= 0.6 is 0 Å². The first-order valence-corrected chi connectivity index (χ1v) is 10.9. The lowest BCUT2D eigenvalue weighted by Gasteiger charge is -2.33. The van der Waals surface area contributed by atoms with Gasteiger partial charge in [-0.3, -0.25) is 4.79 Å². The molecular formula is C25H35N3O2. The second kappa shape index (κ2) is 11.4. The number of amides is 1. The molecule has 0 unspecified atom stereocenters. The van der Waals surface area contributed by atoms with E-state index in [-0.39, 0.29) is 5.76 Å². The summed E-state index contributed by atoms with van der Waals surface area (Å²) in [6, 6.07) is 16.2. The van der Waals surface area contributed by atoms with E-state index in [4.69, 9.17) is 10.2 Å². The standard InChI is InChI=1S/C21H23N3O2.2C2H6/c1-23-10-12-24(13-11-23)18-9-5-8-16-17(14-15-6-3-2-4-7-15)20(21(22)25)26-19(16)18;2*1-2/h2-9H,10-14H2,1H3,(H2,22,25);2*1-2H3. The number of benzene rings is 2. The summed E-state index contributed by atoms with van der Waals surface area (Å²) < 4.78 is 6.01. The highest BCUT2D eigenvalue weighted by atomic mass is 16.3. The highest BCUT2D eigenvalue weighted by Gasteiger charge is 2.23. The first-order chi connectivity index (χ1) is 14.6. The molecular weight excluding hydrogens is 374 g/mol. The molecule has 0 saturated carbocycles. The molecule has 1 amide bonds. The zero-order valence-corrected chi connectivity index (χ0v) is 18.9.